The summed E-state index contributed by atoms with van der Waals surface area (Å²) in [7, 11) is 0. The van der Waals surface area contributed by atoms with E-state index in [1.807, 2.05) is 0 Å². The molecule has 0 aliphatic carbocycles. The van der Waals surface area contributed by atoms with Gasteiger partial charge in [-0.15, -0.1) is 11.3 Å². The molecule has 19 heavy (non-hydrogen) atoms. The first-order chi connectivity index (χ1) is 9.13. The molecular weight excluding hydrogens is 260 g/mol. The molecule has 5 nitrogen and oxygen atoms in total. The number of hydrogen-bond acceptors (Lipinski definition) is 6. The first-order valence-electron chi connectivity index (χ1n) is 6.61. The summed E-state index contributed by atoms with van der Waals surface area (Å²) in [5, 5.41) is 13.9. The van der Waals surface area contributed by atoms with Crippen LogP contribution in [0.2, 0.25) is 0 Å². The van der Waals surface area contributed by atoms with E-state index >= 15 is 0 Å². The molecule has 2 heterocycles. The zero-order valence-corrected chi connectivity index (χ0v) is 12.1. The van der Waals surface area contributed by atoms with Crippen LogP contribution in [0, 0.1) is 0 Å². The Labute approximate surface area is 116 Å². The Bertz CT molecular complexity index is 555. The zero-order valence-electron chi connectivity index (χ0n) is 11.3. The lowest BCUT2D eigenvalue weighted by molar-refractivity contribution is 0.176. The summed E-state index contributed by atoms with van der Waals surface area (Å²) in [4.78, 5) is 10.6. The van der Waals surface area contributed by atoms with Crippen molar-refractivity contribution in [2.24, 2.45) is 0 Å². The van der Waals surface area contributed by atoms with Crippen LogP contribution >= 0.6 is 11.3 Å². The molecule has 0 aliphatic heterocycles. The van der Waals surface area contributed by atoms with Gasteiger partial charge in [-0.25, -0.2) is 4.98 Å². The fourth-order valence-corrected chi connectivity index (χ4v) is 2.92. The number of nitrogens with one attached hydrogen (secondary N) is 1. The number of aliphatic hydroxyl groups is 1. The minimum atomic E-state index is -0.361. The molecule has 0 saturated heterocycles. The molecule has 0 spiro atoms. The van der Waals surface area contributed by atoms with Crippen LogP contribution in [0.25, 0.3) is 10.2 Å². The largest absolute Gasteiger partial charge is 0.391 e. The number of aromatic nitrogens is 2. The van der Waals surface area contributed by atoms with Gasteiger partial charge in [0.25, 0.3) is 0 Å². The van der Waals surface area contributed by atoms with Gasteiger partial charge in [0, 0.05) is 11.4 Å². The van der Waals surface area contributed by atoms with Crippen LogP contribution in [0.5, 0.6) is 0 Å². The zero-order chi connectivity index (χ0) is 13.8. The van der Waals surface area contributed by atoms with E-state index in [4.69, 9.17) is 5.73 Å². The van der Waals surface area contributed by atoms with Gasteiger partial charge in [-0.05, 0) is 18.9 Å². The molecule has 1 unspecified atom stereocenters. The summed E-state index contributed by atoms with van der Waals surface area (Å²) in [6.45, 7) is 4.65. The van der Waals surface area contributed by atoms with Crippen molar-refractivity contribution in [3.8, 4) is 0 Å². The predicted octanol–water partition coefficient (Wildman–Crippen LogP) is 2.41. The second-order valence-electron chi connectivity index (χ2n) is 4.54. The van der Waals surface area contributed by atoms with Crippen molar-refractivity contribution in [2.75, 3.05) is 17.6 Å². The van der Waals surface area contributed by atoms with E-state index in [9.17, 15) is 5.11 Å². The third-order valence-corrected chi connectivity index (χ3v) is 4.11. The lowest BCUT2D eigenvalue weighted by Crippen LogP contribution is -2.20. The third-order valence-electron chi connectivity index (χ3n) is 2.94. The van der Waals surface area contributed by atoms with Crippen LogP contribution in [0.1, 0.15) is 31.6 Å². The first-order valence-corrected chi connectivity index (χ1v) is 7.43. The fraction of sp³-hybridized carbons (Fsp3) is 0.538. The molecule has 2 aromatic rings. The van der Waals surface area contributed by atoms with Crippen molar-refractivity contribution >= 4 is 33.3 Å². The Balaban J connectivity index is 2.23. The third kappa shape index (κ3) is 3.33. The van der Waals surface area contributed by atoms with Crippen molar-refractivity contribution in [2.45, 2.75) is 39.2 Å². The van der Waals surface area contributed by atoms with Crippen molar-refractivity contribution in [1.82, 2.24) is 9.97 Å². The Morgan fingerprint density at radius 2 is 2.21 bits per heavy atom. The van der Waals surface area contributed by atoms with Gasteiger partial charge in [0.15, 0.2) is 0 Å². The highest BCUT2D eigenvalue weighted by Gasteiger charge is 2.11. The molecule has 0 aromatic carbocycles. The highest BCUT2D eigenvalue weighted by atomic mass is 32.1. The number of aliphatic hydroxyl groups excluding tert-OH is 1. The number of rotatable bonds is 6. The van der Waals surface area contributed by atoms with E-state index in [1.54, 1.807) is 11.3 Å². The molecule has 0 aliphatic rings. The Morgan fingerprint density at radius 1 is 1.42 bits per heavy atom. The highest BCUT2D eigenvalue weighted by Crippen LogP contribution is 2.29. The molecule has 2 aromatic heterocycles. The number of nitrogen functional groups attached to an aromatic ring is 1. The number of fused-ring (bicyclic) bond motifs is 1. The number of hydrogen-bond donors (Lipinski definition) is 3. The molecule has 0 bridgehead atoms. The molecule has 0 amide bonds. The summed E-state index contributed by atoms with van der Waals surface area (Å²) in [5.41, 5.74) is 5.72. The average Bonchev–Trinajstić information content (AvgIpc) is 2.79. The van der Waals surface area contributed by atoms with Crippen molar-refractivity contribution in [1.29, 1.82) is 0 Å². The lowest BCUT2D eigenvalue weighted by atomic mass is 10.2. The molecule has 1 atom stereocenters. The molecule has 0 saturated carbocycles. The van der Waals surface area contributed by atoms with E-state index in [0.29, 0.717) is 12.4 Å². The van der Waals surface area contributed by atoms with Crippen LogP contribution in [-0.4, -0.2) is 27.7 Å². The molecular formula is C13H20N4OS. The monoisotopic (exact) mass is 280 g/mol. The van der Waals surface area contributed by atoms with E-state index in [2.05, 4.69) is 35.2 Å². The normalized spacial score (nSPS) is 12.8. The summed E-state index contributed by atoms with van der Waals surface area (Å²) in [6, 6.07) is 2.09. The minimum absolute atomic E-state index is 0.268. The van der Waals surface area contributed by atoms with E-state index in [1.165, 1.54) is 4.88 Å². The highest BCUT2D eigenvalue weighted by molar-refractivity contribution is 7.18. The summed E-state index contributed by atoms with van der Waals surface area (Å²) < 4.78 is 0. The van der Waals surface area contributed by atoms with Crippen LogP contribution in [-0.2, 0) is 6.42 Å². The predicted molar refractivity (Wildman–Crippen MR) is 80.6 cm³/mol. The van der Waals surface area contributed by atoms with Gasteiger partial charge in [0.1, 0.15) is 10.6 Å². The number of nitrogens with zero attached hydrogens (tertiary/aromatic N) is 2. The van der Waals surface area contributed by atoms with Gasteiger partial charge in [-0.3, -0.25) is 0 Å². The summed E-state index contributed by atoms with van der Waals surface area (Å²) in [6.07, 6.45) is 2.35. The van der Waals surface area contributed by atoms with Crippen LogP contribution in [0.3, 0.4) is 0 Å². The Hall–Kier alpha value is -1.40. The van der Waals surface area contributed by atoms with Crippen LogP contribution in [0.15, 0.2) is 6.07 Å². The van der Waals surface area contributed by atoms with Gasteiger partial charge in [0.2, 0.25) is 5.95 Å². The number of nitrogens with two attached hydrogens (primary N) is 1. The molecule has 0 fully saturated rings. The maximum absolute atomic E-state index is 9.77. The number of thiophene rings is 1. The van der Waals surface area contributed by atoms with Gasteiger partial charge in [-0.2, -0.15) is 4.98 Å². The Morgan fingerprint density at radius 3 is 2.89 bits per heavy atom. The van der Waals surface area contributed by atoms with E-state index in [-0.39, 0.29) is 12.1 Å². The first kappa shape index (κ1) is 14.0. The van der Waals surface area contributed by atoms with Gasteiger partial charge >= 0.3 is 0 Å². The lowest BCUT2D eigenvalue weighted by Gasteiger charge is -2.11. The smallest absolute Gasteiger partial charge is 0.223 e. The standard InChI is InChI=1S/C13H20N4OS/c1-3-5-8(18)7-15-11-10-6-9(4-2)19-12(10)17-13(14)16-11/h6,8,18H,3-5,7H2,1-2H3,(H3,14,15,16,17). The molecule has 0 radical (unpaired) electrons. The second kappa shape index (κ2) is 6.16. The van der Waals surface area contributed by atoms with E-state index < -0.39 is 0 Å². The molecule has 4 N–H and O–H groups in total. The second-order valence-corrected chi connectivity index (χ2v) is 5.65. The quantitative estimate of drug-likeness (QED) is 0.756. The fourth-order valence-electron chi connectivity index (χ4n) is 1.95. The van der Waals surface area contributed by atoms with Crippen molar-refractivity contribution in [3.63, 3.8) is 0 Å². The Kier molecular flexibility index (Phi) is 4.55. The molecule has 2 rings (SSSR count). The van der Waals surface area contributed by atoms with Crippen molar-refractivity contribution < 1.29 is 5.11 Å². The molecule has 104 valence electrons. The van der Waals surface area contributed by atoms with Gasteiger partial charge in [-0.1, -0.05) is 20.3 Å². The van der Waals surface area contributed by atoms with E-state index in [0.717, 1.165) is 29.5 Å². The topological polar surface area (TPSA) is 84.1 Å². The average molecular weight is 280 g/mol. The van der Waals surface area contributed by atoms with Gasteiger partial charge in [0.05, 0.1) is 11.5 Å². The maximum Gasteiger partial charge on any atom is 0.223 e. The summed E-state index contributed by atoms with van der Waals surface area (Å²) in [5.74, 6) is 0.984. The molecule has 6 heteroatoms. The van der Waals surface area contributed by atoms with Crippen LogP contribution in [0.4, 0.5) is 11.8 Å². The maximum atomic E-state index is 9.77. The van der Waals surface area contributed by atoms with Crippen molar-refractivity contribution in [3.05, 3.63) is 10.9 Å². The minimum Gasteiger partial charge on any atom is -0.391 e. The number of anilines is 2. The SMILES string of the molecule is CCCC(O)CNc1nc(N)nc2sc(CC)cc12. The van der Waals surface area contributed by atoms with Crippen LogP contribution < -0.4 is 11.1 Å². The number of aryl methyl sites for hydroxylation is 1. The summed E-state index contributed by atoms with van der Waals surface area (Å²) >= 11 is 1.64. The van der Waals surface area contributed by atoms with Gasteiger partial charge < -0.3 is 16.2 Å².